The van der Waals surface area contributed by atoms with Crippen molar-refractivity contribution in [1.29, 1.82) is 0 Å². The fourth-order valence-corrected chi connectivity index (χ4v) is 19.8. The molecule has 0 unspecified atom stereocenters. The summed E-state index contributed by atoms with van der Waals surface area (Å²) in [5, 5.41) is 137. The first-order valence-electron chi connectivity index (χ1n) is 35.8. The normalized spacial score (nSPS) is 50.7. The molecule has 11 aliphatic carbocycles. The predicted molar refractivity (Wildman–Crippen MR) is 353 cm³/mol. The van der Waals surface area contributed by atoms with Crippen LogP contribution in [0, 0.1) is 102 Å². The van der Waals surface area contributed by atoms with Crippen LogP contribution in [0.15, 0.2) is 0 Å². The number of hydrogen-bond donors (Lipinski definition) is 14. The van der Waals surface area contributed by atoms with E-state index in [1.54, 1.807) is 28.4 Å². The lowest BCUT2D eigenvalue weighted by atomic mass is 9.61. The molecule has 0 aromatic carbocycles. The van der Waals surface area contributed by atoms with Crippen molar-refractivity contribution in [1.82, 2.24) is 0 Å². The summed E-state index contributed by atoms with van der Waals surface area (Å²) in [5.41, 5.74) is -0.728. The summed E-state index contributed by atoms with van der Waals surface area (Å²) in [6, 6.07) is 0. The van der Waals surface area contributed by atoms with Crippen LogP contribution in [0.1, 0.15) is 219 Å². The van der Waals surface area contributed by atoms with Crippen LogP contribution in [0.3, 0.4) is 0 Å². The highest BCUT2D eigenvalue weighted by atomic mass is 16.5. The van der Waals surface area contributed by atoms with E-state index in [1.807, 2.05) is 55.4 Å². The molecule has 11 rings (SSSR count). The van der Waals surface area contributed by atoms with Crippen molar-refractivity contribution in [2.45, 2.75) is 304 Å². The maximum atomic E-state index is 10.3. The van der Waals surface area contributed by atoms with E-state index in [9.17, 15) is 71.5 Å². The minimum Gasteiger partial charge on any atom is -0.390 e. The molecule has 18 heteroatoms. The van der Waals surface area contributed by atoms with E-state index in [0.717, 1.165) is 83.5 Å². The molecule has 0 radical (unpaired) electrons. The zero-order chi connectivity index (χ0) is 68.9. The molecule has 0 heterocycles. The molecule has 0 aromatic rings. The molecule has 0 saturated heterocycles. The van der Waals surface area contributed by atoms with Crippen LogP contribution in [-0.4, -0.2) is 212 Å². The number of methoxy groups -OCH3 is 4. The molecule has 11 fully saturated rings. The molecule has 0 bridgehead atoms. The van der Waals surface area contributed by atoms with Crippen molar-refractivity contribution >= 4 is 0 Å². The third kappa shape index (κ3) is 16.6. The standard InChI is InChI=1S/C13H24O2.C12H24O2.C11H22O2.C10H18O3.2C9H16O3.C9H18O3/c1-3-7-13(10-5-4-6-10)8-9(2)11(14)12(13)15;1-4-5-6-7-12(3)8-9(2)10(13)11(12)14;1-4-5-6-11(3)7-8(2)9(12)10(11)13;1-9-4-6(9)10(2,5-13-3)8(12)7(9)11;1-9-3-6(9)5(4-12-2)7(10)8(9)11;1-5-6-3-9(6,4-12-2)8(11)7(5)10;1-6-4-9(2,5-12-3)8(11)7(6)10/h9-12,14-15H,3-8H2,1-2H3;9-11,13-14H,4-8H2,1-3H3;8-10,12-13H,4-7H2,1-3H3;6-8,11-12H,4-5H2,1-3H3;2*5-8,10-11H,3-4H2,1-2H3;6-8,10-11H,4-5H2,1-3H3/t9-,11+,12+,13+;9-,10+,11+,12+;8-,9+,10+,11+;6-,7-,8+,9+,10+;5-,6-,7+,8+,9-;5-,6-,7+,8+,9+;6-,7+,8+,9-/m1111011/s1. The molecule has 11 saturated carbocycles. The van der Waals surface area contributed by atoms with Crippen LogP contribution < -0.4 is 0 Å². The van der Waals surface area contributed by atoms with Gasteiger partial charge in [0.2, 0.25) is 0 Å². The van der Waals surface area contributed by atoms with Gasteiger partial charge in [-0.05, 0) is 152 Å². The largest absolute Gasteiger partial charge is 0.390 e. The third-order valence-electron chi connectivity index (χ3n) is 26.5. The van der Waals surface area contributed by atoms with Crippen LogP contribution >= 0.6 is 0 Å². The van der Waals surface area contributed by atoms with Gasteiger partial charge in [0.1, 0.15) is 0 Å². The van der Waals surface area contributed by atoms with Crippen molar-refractivity contribution in [3.8, 4) is 0 Å². The van der Waals surface area contributed by atoms with E-state index < -0.39 is 85.5 Å². The molecule has 0 spiro atoms. The van der Waals surface area contributed by atoms with Crippen LogP contribution in [0.2, 0.25) is 0 Å². The van der Waals surface area contributed by atoms with Gasteiger partial charge in [0.25, 0.3) is 0 Å². The van der Waals surface area contributed by atoms with E-state index in [-0.39, 0.29) is 78.8 Å². The zero-order valence-electron chi connectivity index (χ0n) is 60.0. The number of ether oxygens (including phenoxy) is 4. The predicted octanol–water partition coefficient (Wildman–Crippen LogP) is 7.44. The van der Waals surface area contributed by atoms with Crippen LogP contribution in [0.5, 0.6) is 0 Å². The van der Waals surface area contributed by atoms with Gasteiger partial charge < -0.3 is 90.4 Å². The lowest BCUT2D eigenvalue weighted by Gasteiger charge is -2.45. The first kappa shape index (κ1) is 81.0. The number of fused-ring (bicyclic) bond motifs is 3. The van der Waals surface area contributed by atoms with E-state index in [1.165, 1.54) is 38.5 Å². The van der Waals surface area contributed by atoms with Crippen LogP contribution in [-0.2, 0) is 18.9 Å². The topological polar surface area (TPSA) is 320 Å². The summed E-state index contributed by atoms with van der Waals surface area (Å²) in [6.07, 6.45) is 13.2. The fourth-order valence-electron chi connectivity index (χ4n) is 19.8. The number of hydrogen-bond acceptors (Lipinski definition) is 18. The Labute approximate surface area is 550 Å². The molecule has 18 nitrogen and oxygen atoms in total. The second-order valence-corrected chi connectivity index (χ2v) is 33.8. The number of aliphatic hydroxyl groups is 14. The quantitative estimate of drug-likeness (QED) is 0.0593. The molecule has 31 atom stereocenters. The van der Waals surface area contributed by atoms with Gasteiger partial charge in [-0.15, -0.1) is 0 Å². The van der Waals surface area contributed by atoms with Crippen molar-refractivity contribution in [2.24, 2.45) is 102 Å². The second-order valence-electron chi connectivity index (χ2n) is 33.8. The second kappa shape index (κ2) is 32.5. The molecule has 0 aliphatic heterocycles. The summed E-state index contributed by atoms with van der Waals surface area (Å²) in [6.45, 7) is 31.1. The summed E-state index contributed by atoms with van der Waals surface area (Å²) < 4.78 is 20.2. The monoisotopic (exact) mass is 1300 g/mol. The Kier molecular flexibility index (Phi) is 28.9. The average Bonchev–Trinajstić information content (AvgIpc) is 1.53. The maximum absolute atomic E-state index is 10.3. The van der Waals surface area contributed by atoms with Gasteiger partial charge >= 0.3 is 0 Å². The smallest absolute Gasteiger partial charge is 0.0882 e. The Morgan fingerprint density at radius 1 is 0.363 bits per heavy atom. The van der Waals surface area contributed by atoms with E-state index in [4.69, 9.17) is 18.9 Å². The molecule has 0 amide bonds. The molecule has 91 heavy (non-hydrogen) atoms. The van der Waals surface area contributed by atoms with Crippen molar-refractivity contribution in [3.63, 3.8) is 0 Å². The highest BCUT2D eigenvalue weighted by Gasteiger charge is 2.73. The summed E-state index contributed by atoms with van der Waals surface area (Å²) >= 11 is 0. The Morgan fingerprint density at radius 2 is 0.824 bits per heavy atom. The number of aliphatic hydroxyl groups excluding tert-OH is 14. The number of unbranched alkanes of at least 4 members (excludes halogenated alkanes) is 3. The fraction of sp³-hybridized carbons (Fsp3) is 1.00. The van der Waals surface area contributed by atoms with Crippen LogP contribution in [0.4, 0.5) is 0 Å². The Hall–Kier alpha value is -0.720. The summed E-state index contributed by atoms with van der Waals surface area (Å²) in [5.74, 6) is 3.35. The summed E-state index contributed by atoms with van der Waals surface area (Å²) in [7, 11) is 6.54. The Morgan fingerprint density at radius 3 is 1.16 bits per heavy atom. The van der Waals surface area contributed by atoms with E-state index in [0.29, 0.717) is 50.1 Å². The van der Waals surface area contributed by atoms with Gasteiger partial charge in [-0.25, -0.2) is 0 Å². The van der Waals surface area contributed by atoms with Crippen molar-refractivity contribution in [2.75, 3.05) is 54.9 Å². The highest BCUT2D eigenvalue weighted by Crippen LogP contribution is 2.71. The van der Waals surface area contributed by atoms with Gasteiger partial charge in [0.05, 0.1) is 112 Å². The highest BCUT2D eigenvalue weighted by molar-refractivity contribution is 5.22. The Bertz CT molecular complexity index is 2160. The van der Waals surface area contributed by atoms with Gasteiger partial charge in [0, 0.05) is 56.0 Å². The van der Waals surface area contributed by atoms with E-state index >= 15 is 0 Å². The van der Waals surface area contributed by atoms with Gasteiger partial charge in [0.15, 0.2) is 0 Å². The lowest BCUT2D eigenvalue weighted by Crippen LogP contribution is -2.44. The van der Waals surface area contributed by atoms with Gasteiger partial charge in [-0.1, -0.05) is 142 Å². The Balaban J connectivity index is 0.000000193. The third-order valence-corrected chi connectivity index (χ3v) is 26.5. The van der Waals surface area contributed by atoms with Crippen LogP contribution in [0.25, 0.3) is 0 Å². The minimum absolute atomic E-state index is 0.0113. The van der Waals surface area contributed by atoms with Gasteiger partial charge in [-0.3, -0.25) is 0 Å². The molecule has 11 aliphatic rings. The SMILES string of the molecule is CCCCC[C@@]1(C)C[C@@H](C)[C@H](O)[C@@H]1O.CCCC[C@@]1(C)C[C@@H](C)[C@H](O)[C@@H]1O.CCC[C@@]1(C2CCC2)C[C@@H](C)[C@H](O)[C@@H]1O.COC[C@@H]1[C@@H](O)[C@@H](O)[C@@]2(C)C[C@@H]12.COC[C@@]1(C)C[C@@H](C)[C@H](O)[C@@H]1O.COC[C@@]1(C)[C@@H]2C[C@]2(C)[C@H](O)[C@@H]1O.COC[C@@]12C[C@@H]1[C@@H](C)[C@H](O)[C@@H]2O. The molecule has 14 N–H and O–H groups in total. The summed E-state index contributed by atoms with van der Waals surface area (Å²) in [4.78, 5) is 0. The molecule has 538 valence electrons. The number of rotatable bonds is 18. The average molecular weight is 1300 g/mol. The minimum atomic E-state index is -0.646. The first-order chi connectivity index (χ1) is 42.4. The molecular weight excluding hydrogens is 1160 g/mol. The molecular formula is C73H138O18. The zero-order valence-corrected chi connectivity index (χ0v) is 60.0. The lowest BCUT2D eigenvalue weighted by molar-refractivity contribution is -0.0738. The maximum Gasteiger partial charge on any atom is 0.0882 e. The van der Waals surface area contributed by atoms with E-state index in [2.05, 4.69) is 41.5 Å². The first-order valence-corrected chi connectivity index (χ1v) is 35.8. The van der Waals surface area contributed by atoms with Gasteiger partial charge in [-0.2, -0.15) is 0 Å². The molecule has 0 aromatic heterocycles. The van der Waals surface area contributed by atoms with Crippen molar-refractivity contribution < 1.29 is 90.4 Å². The van der Waals surface area contributed by atoms with Crippen molar-refractivity contribution in [3.05, 3.63) is 0 Å².